The predicted molar refractivity (Wildman–Crippen MR) is 85.3 cm³/mol. The maximum Gasteiger partial charge on any atom is 0.225 e. The lowest BCUT2D eigenvalue weighted by molar-refractivity contribution is 0.586. The largest absolute Gasteiger partial charge is 0.344 e. The molecule has 4 nitrogen and oxygen atoms in total. The molecule has 0 aromatic carbocycles. The lowest BCUT2D eigenvalue weighted by Gasteiger charge is -2.16. The van der Waals surface area contributed by atoms with E-state index in [9.17, 15) is 0 Å². The first-order valence-corrected chi connectivity index (χ1v) is 7.81. The van der Waals surface area contributed by atoms with Crippen molar-refractivity contribution in [2.24, 2.45) is 0 Å². The Labute approximate surface area is 124 Å². The van der Waals surface area contributed by atoms with Crippen molar-refractivity contribution in [3.63, 3.8) is 0 Å². The molecule has 5 heteroatoms. The molecule has 0 aliphatic carbocycles. The summed E-state index contributed by atoms with van der Waals surface area (Å²) in [4.78, 5) is 12.4. The van der Waals surface area contributed by atoms with Gasteiger partial charge in [0.15, 0.2) is 0 Å². The summed E-state index contributed by atoms with van der Waals surface area (Å²) in [6, 6.07) is 4.73. The van der Waals surface area contributed by atoms with E-state index >= 15 is 0 Å². The van der Waals surface area contributed by atoms with Crippen LogP contribution in [0.1, 0.15) is 24.3 Å². The second-order valence-electron chi connectivity index (χ2n) is 5.18. The molecule has 0 bridgehead atoms. The van der Waals surface area contributed by atoms with Gasteiger partial charge >= 0.3 is 0 Å². The van der Waals surface area contributed by atoms with Gasteiger partial charge in [0, 0.05) is 49.0 Å². The minimum atomic E-state index is 0.475. The Morgan fingerprint density at radius 2 is 2.05 bits per heavy atom. The van der Waals surface area contributed by atoms with Gasteiger partial charge in [0.05, 0.1) is 0 Å². The van der Waals surface area contributed by atoms with Gasteiger partial charge in [0.2, 0.25) is 5.95 Å². The molecule has 2 heterocycles. The summed E-state index contributed by atoms with van der Waals surface area (Å²) in [5.41, 5.74) is 1.12. The Morgan fingerprint density at radius 1 is 1.30 bits per heavy atom. The van der Waals surface area contributed by atoms with Crippen LogP contribution >= 0.6 is 11.3 Å². The number of hydrogen-bond donors (Lipinski definition) is 1. The quantitative estimate of drug-likeness (QED) is 0.851. The van der Waals surface area contributed by atoms with Crippen LogP contribution in [0.2, 0.25) is 0 Å². The topological polar surface area (TPSA) is 41.1 Å². The zero-order valence-electron chi connectivity index (χ0n) is 12.3. The van der Waals surface area contributed by atoms with E-state index in [1.54, 1.807) is 11.3 Å². The number of nitrogens with one attached hydrogen (secondary N) is 1. The molecular weight excluding hydrogens is 268 g/mol. The number of rotatable bonds is 7. The molecule has 0 radical (unpaired) electrons. The summed E-state index contributed by atoms with van der Waals surface area (Å²) in [6.07, 6.45) is 4.84. The number of likely N-dealkylation sites (N-methyl/N-ethyl adjacent to an activating group) is 1. The first-order chi connectivity index (χ1) is 9.65. The van der Waals surface area contributed by atoms with Gasteiger partial charge in [0.1, 0.15) is 0 Å². The number of nitrogens with zero attached hydrogens (tertiary/aromatic N) is 3. The molecule has 0 aliphatic rings. The molecule has 0 aliphatic heterocycles. The zero-order chi connectivity index (χ0) is 14.4. The highest BCUT2D eigenvalue weighted by Crippen LogP contribution is 2.11. The van der Waals surface area contributed by atoms with Crippen LogP contribution in [0.4, 0.5) is 5.95 Å². The molecule has 0 amide bonds. The third-order valence-corrected chi connectivity index (χ3v) is 3.96. The fraction of sp³-hybridized carbons (Fsp3) is 0.467. The van der Waals surface area contributed by atoms with Crippen molar-refractivity contribution in [2.75, 3.05) is 18.5 Å². The van der Waals surface area contributed by atoms with Gasteiger partial charge < -0.3 is 10.2 Å². The van der Waals surface area contributed by atoms with Gasteiger partial charge in [0.25, 0.3) is 0 Å². The molecule has 0 unspecified atom stereocenters. The van der Waals surface area contributed by atoms with Crippen LogP contribution in [-0.4, -0.2) is 29.6 Å². The van der Waals surface area contributed by atoms with Gasteiger partial charge in [-0.05, 0) is 17.9 Å². The monoisotopic (exact) mass is 290 g/mol. The van der Waals surface area contributed by atoms with Crippen molar-refractivity contribution in [3.05, 3.63) is 40.3 Å². The summed E-state index contributed by atoms with van der Waals surface area (Å²) >= 11 is 1.80. The van der Waals surface area contributed by atoms with Crippen molar-refractivity contribution in [3.8, 4) is 0 Å². The second-order valence-corrected chi connectivity index (χ2v) is 6.21. The summed E-state index contributed by atoms with van der Waals surface area (Å²) in [6.45, 7) is 6.02. The minimum Gasteiger partial charge on any atom is -0.344 e. The fourth-order valence-corrected chi connectivity index (χ4v) is 2.49. The van der Waals surface area contributed by atoms with Crippen molar-refractivity contribution >= 4 is 17.3 Å². The average Bonchev–Trinajstić information content (AvgIpc) is 2.96. The predicted octanol–water partition coefficient (Wildman–Crippen LogP) is 2.72. The molecule has 2 rings (SSSR count). The lowest BCUT2D eigenvalue weighted by atomic mass is 10.3. The van der Waals surface area contributed by atoms with E-state index in [1.807, 2.05) is 19.4 Å². The Balaban J connectivity index is 1.85. The van der Waals surface area contributed by atoms with Crippen LogP contribution in [0.5, 0.6) is 0 Å². The number of anilines is 1. The van der Waals surface area contributed by atoms with Gasteiger partial charge in [-0.15, -0.1) is 11.3 Å². The van der Waals surface area contributed by atoms with Crippen LogP contribution in [0.15, 0.2) is 29.9 Å². The molecule has 2 aromatic rings. The third kappa shape index (κ3) is 4.58. The van der Waals surface area contributed by atoms with E-state index in [1.165, 1.54) is 4.88 Å². The zero-order valence-corrected chi connectivity index (χ0v) is 13.2. The Kier molecular flexibility index (Phi) is 5.49. The Morgan fingerprint density at radius 3 is 2.65 bits per heavy atom. The maximum atomic E-state index is 4.43. The van der Waals surface area contributed by atoms with E-state index < -0.39 is 0 Å². The Hall–Kier alpha value is -1.46. The lowest BCUT2D eigenvalue weighted by Crippen LogP contribution is -2.24. The minimum absolute atomic E-state index is 0.475. The van der Waals surface area contributed by atoms with Crippen LogP contribution in [0, 0.1) is 0 Å². The van der Waals surface area contributed by atoms with Crippen molar-refractivity contribution < 1.29 is 0 Å². The van der Waals surface area contributed by atoms with Crippen LogP contribution in [0.25, 0.3) is 0 Å². The smallest absolute Gasteiger partial charge is 0.225 e. The molecular formula is C15H22N4S. The number of aromatic nitrogens is 2. The van der Waals surface area contributed by atoms with E-state index in [4.69, 9.17) is 0 Å². The highest BCUT2D eigenvalue weighted by molar-refractivity contribution is 7.09. The van der Waals surface area contributed by atoms with E-state index in [2.05, 4.69) is 51.5 Å². The molecule has 0 saturated heterocycles. The summed E-state index contributed by atoms with van der Waals surface area (Å²) in [5.74, 6) is 0.787. The van der Waals surface area contributed by atoms with E-state index in [0.717, 1.165) is 31.0 Å². The molecule has 0 fully saturated rings. The average molecular weight is 290 g/mol. The number of thiophene rings is 1. The molecule has 108 valence electrons. The number of hydrogen-bond acceptors (Lipinski definition) is 5. The van der Waals surface area contributed by atoms with Crippen molar-refractivity contribution in [1.82, 2.24) is 15.3 Å². The molecule has 20 heavy (non-hydrogen) atoms. The van der Waals surface area contributed by atoms with Crippen LogP contribution < -0.4 is 10.2 Å². The molecule has 0 spiro atoms. The molecule has 0 saturated carbocycles. The SMILES string of the molecule is CC(C)NCc1cnc(N(C)CCc2cccs2)nc1. The summed E-state index contributed by atoms with van der Waals surface area (Å²) in [7, 11) is 2.04. The summed E-state index contributed by atoms with van der Waals surface area (Å²) < 4.78 is 0. The second kappa shape index (κ2) is 7.36. The first-order valence-electron chi connectivity index (χ1n) is 6.93. The molecule has 1 N–H and O–H groups in total. The summed E-state index contributed by atoms with van der Waals surface area (Å²) in [5, 5.41) is 5.48. The van der Waals surface area contributed by atoms with Crippen molar-refractivity contribution in [2.45, 2.75) is 32.9 Å². The Bertz CT molecular complexity index is 493. The van der Waals surface area contributed by atoms with Gasteiger partial charge in [-0.25, -0.2) is 9.97 Å². The maximum absolute atomic E-state index is 4.43. The third-order valence-electron chi connectivity index (χ3n) is 3.02. The highest BCUT2D eigenvalue weighted by atomic mass is 32.1. The van der Waals surface area contributed by atoms with Crippen LogP contribution in [-0.2, 0) is 13.0 Å². The normalized spacial score (nSPS) is 11.0. The fourth-order valence-electron chi connectivity index (χ4n) is 1.79. The van der Waals surface area contributed by atoms with Gasteiger partial charge in [-0.3, -0.25) is 0 Å². The van der Waals surface area contributed by atoms with Gasteiger partial charge in [-0.1, -0.05) is 19.9 Å². The van der Waals surface area contributed by atoms with Gasteiger partial charge in [-0.2, -0.15) is 0 Å². The van der Waals surface area contributed by atoms with Crippen molar-refractivity contribution in [1.29, 1.82) is 0 Å². The highest BCUT2D eigenvalue weighted by Gasteiger charge is 2.05. The van der Waals surface area contributed by atoms with E-state index in [-0.39, 0.29) is 0 Å². The standard InChI is InChI=1S/C15H22N4S/c1-12(2)16-9-13-10-17-15(18-11-13)19(3)7-6-14-5-4-8-20-14/h4-5,8,10-12,16H,6-7,9H2,1-3H3. The molecule has 0 atom stereocenters. The van der Waals surface area contributed by atoms with Crippen LogP contribution in [0.3, 0.4) is 0 Å². The molecule has 2 aromatic heterocycles. The first kappa shape index (κ1) is 14.9. The van der Waals surface area contributed by atoms with E-state index in [0.29, 0.717) is 6.04 Å².